The molecule has 2 rings (SSSR count). The van der Waals surface area contributed by atoms with Crippen molar-refractivity contribution in [3.8, 4) is 0 Å². The van der Waals surface area contributed by atoms with Crippen LogP contribution in [-0.2, 0) is 16.0 Å². The highest BCUT2D eigenvalue weighted by molar-refractivity contribution is 7.99. The summed E-state index contributed by atoms with van der Waals surface area (Å²) in [5.41, 5.74) is 1.18. The highest BCUT2D eigenvalue weighted by atomic mass is 32.2. The molecule has 1 aromatic heterocycles. The second-order valence-corrected chi connectivity index (χ2v) is 5.71. The largest absolute Gasteiger partial charge is 0.481 e. The average molecular weight is 284 g/mol. The first-order chi connectivity index (χ1) is 9.15. The van der Waals surface area contributed by atoms with Gasteiger partial charge in [0.15, 0.2) is 5.16 Å². The van der Waals surface area contributed by atoms with E-state index in [9.17, 15) is 4.79 Å². The van der Waals surface area contributed by atoms with Gasteiger partial charge in [-0.05, 0) is 25.7 Å². The van der Waals surface area contributed by atoms with E-state index < -0.39 is 5.97 Å². The van der Waals surface area contributed by atoms with Gasteiger partial charge in [-0.1, -0.05) is 18.7 Å². The Morgan fingerprint density at radius 1 is 1.63 bits per heavy atom. The number of imidazole rings is 1. The van der Waals surface area contributed by atoms with Crippen molar-refractivity contribution in [3.63, 3.8) is 0 Å². The molecule has 1 heterocycles. The fourth-order valence-electron chi connectivity index (χ4n) is 2.63. The fourth-order valence-corrected chi connectivity index (χ4v) is 3.41. The number of methoxy groups -OCH3 is 1. The van der Waals surface area contributed by atoms with E-state index >= 15 is 0 Å². The van der Waals surface area contributed by atoms with Gasteiger partial charge in [-0.15, -0.1) is 0 Å². The summed E-state index contributed by atoms with van der Waals surface area (Å²) in [4.78, 5) is 15.1. The molecule has 0 radical (unpaired) electrons. The van der Waals surface area contributed by atoms with E-state index in [4.69, 9.17) is 9.84 Å². The standard InChI is InChI=1S/C13H20N2O3S/c1-3-9-7-14-13(19-8-12(16)17)15(9)10-4-5-11(6-10)18-2/h7,10-11H,3-6,8H2,1-2H3,(H,16,17). The van der Waals surface area contributed by atoms with Crippen molar-refractivity contribution in [2.24, 2.45) is 0 Å². The van der Waals surface area contributed by atoms with E-state index in [0.29, 0.717) is 12.1 Å². The van der Waals surface area contributed by atoms with Crippen molar-refractivity contribution >= 4 is 17.7 Å². The lowest BCUT2D eigenvalue weighted by Crippen LogP contribution is -2.13. The Morgan fingerprint density at radius 3 is 3.00 bits per heavy atom. The molecule has 0 spiro atoms. The number of aliphatic carboxylic acids is 1. The van der Waals surface area contributed by atoms with Crippen LogP contribution in [0.2, 0.25) is 0 Å². The number of aryl methyl sites for hydroxylation is 1. The zero-order chi connectivity index (χ0) is 13.8. The monoisotopic (exact) mass is 284 g/mol. The molecule has 5 nitrogen and oxygen atoms in total. The molecule has 1 fully saturated rings. The Balaban J connectivity index is 2.16. The summed E-state index contributed by atoms with van der Waals surface area (Å²) >= 11 is 1.30. The quantitative estimate of drug-likeness (QED) is 0.812. The third kappa shape index (κ3) is 3.30. The minimum Gasteiger partial charge on any atom is -0.481 e. The van der Waals surface area contributed by atoms with E-state index in [2.05, 4.69) is 16.5 Å². The maximum absolute atomic E-state index is 10.7. The molecule has 0 saturated heterocycles. The number of nitrogens with zero attached hydrogens (tertiary/aromatic N) is 2. The average Bonchev–Trinajstić information content (AvgIpc) is 3.01. The molecule has 0 bridgehead atoms. The smallest absolute Gasteiger partial charge is 0.313 e. The first-order valence-electron chi connectivity index (χ1n) is 6.59. The van der Waals surface area contributed by atoms with Crippen LogP contribution < -0.4 is 0 Å². The minimum absolute atomic E-state index is 0.0561. The molecule has 1 aliphatic carbocycles. The van der Waals surface area contributed by atoms with Crippen LogP contribution in [0.3, 0.4) is 0 Å². The molecule has 2 unspecified atom stereocenters. The Bertz CT molecular complexity index is 447. The second kappa shape index (κ2) is 6.43. The molecule has 0 aliphatic heterocycles. The number of thioether (sulfide) groups is 1. The molecule has 1 aliphatic rings. The number of carboxylic acids is 1. The summed E-state index contributed by atoms with van der Waals surface area (Å²) in [6.07, 6.45) is 6.21. The van der Waals surface area contributed by atoms with Crippen LogP contribution in [0, 0.1) is 0 Å². The molecular weight excluding hydrogens is 264 g/mol. The van der Waals surface area contributed by atoms with Crippen LogP contribution in [0.4, 0.5) is 0 Å². The summed E-state index contributed by atoms with van der Waals surface area (Å²) in [6.45, 7) is 2.10. The predicted molar refractivity (Wildman–Crippen MR) is 73.6 cm³/mol. The Morgan fingerprint density at radius 2 is 2.42 bits per heavy atom. The van der Waals surface area contributed by atoms with Gasteiger partial charge in [0.05, 0.1) is 11.9 Å². The zero-order valence-corrected chi connectivity index (χ0v) is 12.2. The Labute approximate surface area is 117 Å². The van der Waals surface area contributed by atoms with Crippen LogP contribution >= 0.6 is 11.8 Å². The van der Waals surface area contributed by atoms with Crippen molar-refractivity contribution in [3.05, 3.63) is 11.9 Å². The Kier molecular flexibility index (Phi) is 4.87. The van der Waals surface area contributed by atoms with Crippen molar-refractivity contribution in [1.82, 2.24) is 9.55 Å². The van der Waals surface area contributed by atoms with E-state index in [1.165, 1.54) is 17.5 Å². The topological polar surface area (TPSA) is 64.3 Å². The van der Waals surface area contributed by atoms with Gasteiger partial charge in [-0.3, -0.25) is 4.79 Å². The highest BCUT2D eigenvalue weighted by Gasteiger charge is 2.28. The first-order valence-corrected chi connectivity index (χ1v) is 7.57. The number of carboxylic acid groups (broad SMARTS) is 1. The van der Waals surface area contributed by atoms with Gasteiger partial charge in [0.25, 0.3) is 0 Å². The maximum Gasteiger partial charge on any atom is 0.313 e. The van der Waals surface area contributed by atoms with E-state index in [1.54, 1.807) is 7.11 Å². The first kappa shape index (κ1) is 14.4. The summed E-state index contributed by atoms with van der Waals surface area (Å²) in [7, 11) is 1.75. The predicted octanol–water partition coefficient (Wildman–Crippen LogP) is 2.36. The summed E-state index contributed by atoms with van der Waals surface area (Å²) in [5, 5.41) is 9.62. The van der Waals surface area contributed by atoms with Gasteiger partial charge >= 0.3 is 5.97 Å². The lowest BCUT2D eigenvalue weighted by Gasteiger charge is -2.18. The van der Waals surface area contributed by atoms with Crippen LogP contribution in [0.1, 0.15) is 37.9 Å². The molecule has 6 heteroatoms. The fraction of sp³-hybridized carbons (Fsp3) is 0.692. The highest BCUT2D eigenvalue weighted by Crippen LogP contribution is 2.35. The number of hydrogen-bond acceptors (Lipinski definition) is 4. The third-order valence-electron chi connectivity index (χ3n) is 3.58. The molecular formula is C13H20N2O3S. The number of aromatic nitrogens is 2. The minimum atomic E-state index is -0.807. The molecule has 0 amide bonds. The van der Waals surface area contributed by atoms with Crippen molar-refractivity contribution in [1.29, 1.82) is 0 Å². The third-order valence-corrected chi connectivity index (χ3v) is 4.53. The molecule has 1 aromatic rings. The van der Waals surface area contributed by atoms with E-state index in [-0.39, 0.29) is 5.75 Å². The molecule has 106 valence electrons. The van der Waals surface area contributed by atoms with E-state index in [0.717, 1.165) is 30.8 Å². The maximum atomic E-state index is 10.7. The molecule has 0 aromatic carbocycles. The lowest BCUT2D eigenvalue weighted by molar-refractivity contribution is -0.133. The van der Waals surface area contributed by atoms with Gasteiger partial charge < -0.3 is 14.4 Å². The van der Waals surface area contributed by atoms with Crippen LogP contribution in [0.5, 0.6) is 0 Å². The van der Waals surface area contributed by atoms with Crippen LogP contribution in [0.25, 0.3) is 0 Å². The number of hydrogen-bond donors (Lipinski definition) is 1. The van der Waals surface area contributed by atoms with Gasteiger partial charge in [0.1, 0.15) is 0 Å². The van der Waals surface area contributed by atoms with Gasteiger partial charge in [-0.2, -0.15) is 0 Å². The zero-order valence-electron chi connectivity index (χ0n) is 11.3. The Hall–Kier alpha value is -1.01. The molecule has 1 saturated carbocycles. The normalized spacial score (nSPS) is 22.8. The van der Waals surface area contributed by atoms with Crippen LogP contribution in [0.15, 0.2) is 11.4 Å². The molecule has 2 atom stereocenters. The number of carbonyl (C=O) groups is 1. The van der Waals surface area contributed by atoms with Gasteiger partial charge in [0, 0.05) is 25.0 Å². The summed E-state index contributed by atoms with van der Waals surface area (Å²) in [5.74, 6) is -0.751. The summed E-state index contributed by atoms with van der Waals surface area (Å²) in [6, 6.07) is 0.388. The number of ether oxygens (including phenoxy) is 1. The second-order valence-electron chi connectivity index (χ2n) is 4.76. The van der Waals surface area contributed by atoms with Crippen molar-refractivity contribution < 1.29 is 14.6 Å². The molecule has 19 heavy (non-hydrogen) atoms. The SMILES string of the molecule is CCc1cnc(SCC(=O)O)n1C1CCC(OC)C1. The van der Waals surface area contributed by atoms with Gasteiger partial charge in [0.2, 0.25) is 0 Å². The molecule has 1 N–H and O–H groups in total. The van der Waals surface area contributed by atoms with E-state index in [1.807, 2.05) is 6.20 Å². The van der Waals surface area contributed by atoms with Gasteiger partial charge in [-0.25, -0.2) is 4.98 Å². The lowest BCUT2D eigenvalue weighted by atomic mass is 10.2. The summed E-state index contributed by atoms with van der Waals surface area (Å²) < 4.78 is 7.63. The number of rotatable bonds is 6. The van der Waals surface area contributed by atoms with Crippen molar-refractivity contribution in [2.45, 2.75) is 49.9 Å². The van der Waals surface area contributed by atoms with Crippen molar-refractivity contribution in [2.75, 3.05) is 12.9 Å². The van der Waals surface area contributed by atoms with Crippen LogP contribution in [-0.4, -0.2) is 39.6 Å².